The van der Waals surface area contributed by atoms with E-state index in [1.165, 1.54) is 0 Å². The average molecular weight is 726 g/mol. The molecule has 0 bridgehead atoms. The lowest BCUT2D eigenvalue weighted by Crippen LogP contribution is -2.52. The number of carbonyl (C=O) groups excluding carboxylic acids is 3. The van der Waals surface area contributed by atoms with E-state index in [1.54, 1.807) is 0 Å². The van der Waals surface area contributed by atoms with Crippen molar-refractivity contribution in [2.75, 3.05) is 145 Å². The maximum absolute atomic E-state index is 13.8. The Labute approximate surface area is 310 Å². The summed E-state index contributed by atoms with van der Waals surface area (Å²) < 4.78 is 11.7. The fraction of sp³-hybridized carbons (Fsp3) is 0.919. The van der Waals surface area contributed by atoms with Crippen LogP contribution in [0.3, 0.4) is 0 Å². The molecule has 2 aliphatic rings. The summed E-state index contributed by atoms with van der Waals surface area (Å²) in [7, 11) is 3.87. The normalized spacial score (nSPS) is 20.1. The number of likely N-dealkylation sites (N-methyl/N-ethyl adjacent to an activating group) is 3. The minimum atomic E-state index is -0.551. The zero-order chi connectivity index (χ0) is 38.0. The van der Waals surface area contributed by atoms with Crippen LogP contribution < -0.4 is 10.6 Å². The van der Waals surface area contributed by atoms with Crippen LogP contribution in [0.25, 0.3) is 0 Å². The molecule has 51 heavy (non-hydrogen) atoms. The number of hydrogen-bond acceptors (Lipinski definition) is 11. The van der Waals surface area contributed by atoms with E-state index in [0.717, 1.165) is 72.0 Å². The van der Waals surface area contributed by atoms with Crippen LogP contribution in [0.2, 0.25) is 0 Å². The van der Waals surface area contributed by atoms with E-state index in [1.807, 2.05) is 63.4 Å². The van der Waals surface area contributed by atoms with Crippen LogP contribution in [0.4, 0.5) is 0 Å². The molecule has 0 spiro atoms. The van der Waals surface area contributed by atoms with Gasteiger partial charge in [0.25, 0.3) is 0 Å². The van der Waals surface area contributed by atoms with Gasteiger partial charge in [0.1, 0.15) is 0 Å². The highest BCUT2D eigenvalue weighted by atomic mass is 16.5. The number of hydrogen-bond donors (Lipinski definition) is 2. The molecule has 14 nitrogen and oxygen atoms in total. The van der Waals surface area contributed by atoms with E-state index in [-0.39, 0.29) is 36.9 Å². The topological polar surface area (TPSA) is 116 Å². The third-order valence-corrected chi connectivity index (χ3v) is 10.0. The second-order valence-electron chi connectivity index (χ2n) is 15.6. The second kappa shape index (κ2) is 23.0. The zero-order valence-electron chi connectivity index (χ0n) is 34.1. The zero-order valence-corrected chi connectivity index (χ0v) is 34.1. The van der Waals surface area contributed by atoms with Crippen molar-refractivity contribution in [3.8, 4) is 0 Å². The van der Waals surface area contributed by atoms with E-state index in [4.69, 9.17) is 9.47 Å². The van der Waals surface area contributed by atoms with Gasteiger partial charge in [0.2, 0.25) is 17.7 Å². The first-order valence-corrected chi connectivity index (χ1v) is 19.5. The van der Waals surface area contributed by atoms with E-state index in [0.29, 0.717) is 52.5 Å². The Hall–Kier alpha value is -1.91. The van der Waals surface area contributed by atoms with E-state index < -0.39 is 11.2 Å². The van der Waals surface area contributed by atoms with Gasteiger partial charge in [-0.05, 0) is 74.8 Å². The Morgan fingerprint density at radius 2 is 1.10 bits per heavy atom. The fourth-order valence-electron chi connectivity index (χ4n) is 6.46. The van der Waals surface area contributed by atoms with Crippen molar-refractivity contribution in [2.45, 2.75) is 79.1 Å². The molecule has 2 aliphatic heterocycles. The molecule has 0 aliphatic carbocycles. The number of likely N-dealkylation sites (tertiary alicyclic amines) is 1. The summed E-state index contributed by atoms with van der Waals surface area (Å²) in [5.74, 6) is -0.233. The lowest BCUT2D eigenvalue weighted by atomic mass is 10.1. The fourth-order valence-corrected chi connectivity index (χ4v) is 6.46. The Morgan fingerprint density at radius 3 is 1.51 bits per heavy atom. The molecule has 0 aromatic carbocycles. The molecule has 1 atom stereocenters. The molecular formula is C37H75N9O5. The van der Waals surface area contributed by atoms with Crippen molar-refractivity contribution < 1.29 is 23.9 Å². The lowest BCUT2D eigenvalue weighted by molar-refractivity contribution is -0.131. The SMILES string of the molecule is CCOC(C)(C)CNC(=O)CN(CC(=O)NCC(C)(C)OCN(C)C)C1CCN(C(=O)CN2CCN(CC)CCN(CC)CCN(CC)CC2)C1. The standard InChI is InChI=1S/C37H75N9O5/c1-11-41-17-19-42(12-2)21-23-44(24-22-43(13-3)20-18-41)28-35(49)45-16-15-32(25-45)46(26-33(47)38-29-36(5,6)50-14-4)27-34(48)39-30-37(7,8)51-31-40(9)10/h32H,11-31H2,1-10H3,(H,38,47)(H,39,48). The van der Waals surface area contributed by atoms with Crippen molar-refractivity contribution in [3.05, 3.63) is 0 Å². The van der Waals surface area contributed by atoms with E-state index in [9.17, 15) is 14.4 Å². The van der Waals surface area contributed by atoms with Gasteiger partial charge in [-0.3, -0.25) is 29.1 Å². The smallest absolute Gasteiger partial charge is 0.236 e. The number of rotatable bonds is 19. The van der Waals surface area contributed by atoms with Crippen molar-refractivity contribution in [1.82, 2.24) is 44.9 Å². The molecule has 2 heterocycles. The number of nitrogens with zero attached hydrogens (tertiary/aromatic N) is 7. The molecule has 2 fully saturated rings. The van der Waals surface area contributed by atoms with Crippen molar-refractivity contribution in [3.63, 3.8) is 0 Å². The molecule has 2 N–H and O–H groups in total. The number of carbonyl (C=O) groups is 3. The van der Waals surface area contributed by atoms with E-state index >= 15 is 0 Å². The first-order chi connectivity index (χ1) is 24.1. The quantitative estimate of drug-likeness (QED) is 0.182. The largest absolute Gasteiger partial charge is 0.374 e. The Bertz CT molecular complexity index is 1010. The molecule has 0 radical (unpaired) electrons. The molecule has 2 rings (SSSR count). The van der Waals surface area contributed by atoms with Crippen LogP contribution in [0.15, 0.2) is 0 Å². The highest BCUT2D eigenvalue weighted by molar-refractivity contribution is 5.81. The monoisotopic (exact) mass is 726 g/mol. The van der Waals surface area contributed by atoms with Gasteiger partial charge < -0.3 is 39.7 Å². The molecule has 2 saturated heterocycles. The highest BCUT2D eigenvalue weighted by Crippen LogP contribution is 2.17. The summed E-state index contributed by atoms with van der Waals surface area (Å²) >= 11 is 0. The van der Waals surface area contributed by atoms with Gasteiger partial charge in [0.05, 0.1) is 37.6 Å². The van der Waals surface area contributed by atoms with Crippen LogP contribution in [0.1, 0.15) is 61.8 Å². The number of amides is 3. The minimum absolute atomic E-state index is 0.0556. The molecule has 0 saturated carbocycles. The highest BCUT2D eigenvalue weighted by Gasteiger charge is 2.34. The Balaban J connectivity index is 2.09. The Kier molecular flexibility index (Phi) is 20.4. The summed E-state index contributed by atoms with van der Waals surface area (Å²) in [5.41, 5.74) is -1.05. The van der Waals surface area contributed by atoms with Gasteiger partial charge in [-0.2, -0.15) is 0 Å². The van der Waals surface area contributed by atoms with Crippen LogP contribution in [-0.4, -0.2) is 215 Å². The first-order valence-electron chi connectivity index (χ1n) is 19.5. The predicted octanol–water partition coefficient (Wildman–Crippen LogP) is 0.532. The van der Waals surface area contributed by atoms with Gasteiger partial charge in [-0.1, -0.05) is 20.8 Å². The third-order valence-electron chi connectivity index (χ3n) is 10.0. The van der Waals surface area contributed by atoms with Gasteiger partial charge in [-0.25, -0.2) is 0 Å². The maximum Gasteiger partial charge on any atom is 0.236 e. The summed E-state index contributed by atoms with van der Waals surface area (Å²) in [6.07, 6.45) is 0.704. The van der Waals surface area contributed by atoms with Crippen LogP contribution in [0, 0.1) is 0 Å². The number of ether oxygens (including phenoxy) is 2. The van der Waals surface area contributed by atoms with Gasteiger partial charge in [0, 0.05) is 91.2 Å². The minimum Gasteiger partial charge on any atom is -0.374 e. The summed E-state index contributed by atoms with van der Waals surface area (Å²) in [6, 6.07) is -0.109. The van der Waals surface area contributed by atoms with Gasteiger partial charge in [0.15, 0.2) is 0 Å². The second-order valence-corrected chi connectivity index (χ2v) is 15.6. The van der Waals surface area contributed by atoms with Gasteiger partial charge in [-0.15, -0.1) is 0 Å². The molecule has 1 unspecified atom stereocenters. The molecular weight excluding hydrogens is 650 g/mol. The molecule has 14 heteroatoms. The average Bonchev–Trinajstić information content (AvgIpc) is 3.58. The molecule has 0 aromatic heterocycles. The summed E-state index contributed by atoms with van der Waals surface area (Å²) in [6.45, 7) is 30.5. The lowest BCUT2D eigenvalue weighted by Gasteiger charge is -2.34. The molecule has 3 amide bonds. The summed E-state index contributed by atoms with van der Waals surface area (Å²) in [5, 5.41) is 6.01. The molecule has 0 aromatic rings. The third kappa shape index (κ3) is 18.1. The Morgan fingerprint density at radius 1 is 0.667 bits per heavy atom. The van der Waals surface area contributed by atoms with Crippen LogP contribution >= 0.6 is 0 Å². The molecule has 298 valence electrons. The van der Waals surface area contributed by atoms with Crippen molar-refractivity contribution in [1.29, 1.82) is 0 Å². The summed E-state index contributed by atoms with van der Waals surface area (Å²) in [4.78, 5) is 56.0. The van der Waals surface area contributed by atoms with Crippen LogP contribution in [-0.2, 0) is 23.9 Å². The maximum atomic E-state index is 13.8. The first kappa shape index (κ1) is 45.2. The predicted molar refractivity (Wildman–Crippen MR) is 205 cm³/mol. The van der Waals surface area contributed by atoms with Crippen molar-refractivity contribution in [2.24, 2.45) is 0 Å². The van der Waals surface area contributed by atoms with Crippen molar-refractivity contribution >= 4 is 17.7 Å². The van der Waals surface area contributed by atoms with Crippen LogP contribution in [0.5, 0.6) is 0 Å². The number of nitrogens with one attached hydrogen (secondary N) is 2. The van der Waals surface area contributed by atoms with E-state index in [2.05, 4.69) is 51.0 Å². The van der Waals surface area contributed by atoms with Gasteiger partial charge >= 0.3 is 0 Å².